The topological polar surface area (TPSA) is 95.5 Å². The molecule has 1 saturated carbocycles. The van der Waals surface area contributed by atoms with E-state index in [1.165, 1.54) is 6.92 Å². The van der Waals surface area contributed by atoms with E-state index in [2.05, 4.69) is 17.6 Å². The minimum atomic E-state index is -1.20. The van der Waals surface area contributed by atoms with Crippen LogP contribution in [0.1, 0.15) is 63.1 Å². The largest absolute Gasteiger partial charge is 0.480 e. The lowest BCUT2D eigenvalue weighted by Crippen LogP contribution is -2.56. The minimum Gasteiger partial charge on any atom is -0.480 e. The average Bonchev–Trinajstić information content (AvgIpc) is 2.56. The Hall–Kier alpha value is -2.37. The number of nitrogens with one attached hydrogen (secondary N) is 2. The van der Waals surface area contributed by atoms with Gasteiger partial charge in [-0.1, -0.05) is 36.8 Å². The molecule has 6 nitrogen and oxygen atoms in total. The van der Waals surface area contributed by atoms with E-state index in [-0.39, 0.29) is 18.2 Å². The summed E-state index contributed by atoms with van der Waals surface area (Å²) in [4.78, 5) is 36.0. The molecule has 0 aliphatic heterocycles. The summed E-state index contributed by atoms with van der Waals surface area (Å²) in [6.07, 6.45) is 2.43. The number of hydrogen-bond acceptors (Lipinski definition) is 3. The predicted octanol–water partition coefficient (Wildman–Crippen LogP) is 2.71. The Labute approximate surface area is 154 Å². The van der Waals surface area contributed by atoms with Crippen LogP contribution in [0.4, 0.5) is 0 Å². The van der Waals surface area contributed by atoms with Crippen molar-refractivity contribution in [3.05, 3.63) is 35.4 Å². The number of amides is 2. The smallest absolute Gasteiger partial charge is 0.329 e. The van der Waals surface area contributed by atoms with Crippen molar-refractivity contribution in [2.75, 3.05) is 0 Å². The number of carboxylic acid groups (broad SMARTS) is 1. The number of carbonyl (C=O) groups excluding carboxylic acids is 2. The maximum Gasteiger partial charge on any atom is 0.329 e. The van der Waals surface area contributed by atoms with Crippen molar-refractivity contribution in [1.29, 1.82) is 0 Å². The molecule has 0 aromatic heterocycles. The fourth-order valence-electron chi connectivity index (χ4n) is 3.45. The fourth-order valence-corrected chi connectivity index (χ4v) is 3.45. The van der Waals surface area contributed by atoms with Gasteiger partial charge in [0.2, 0.25) is 11.8 Å². The Morgan fingerprint density at radius 3 is 2.27 bits per heavy atom. The van der Waals surface area contributed by atoms with Gasteiger partial charge in [-0.2, -0.15) is 0 Å². The molecule has 1 aliphatic rings. The number of benzene rings is 1. The zero-order chi connectivity index (χ0) is 19.3. The van der Waals surface area contributed by atoms with Crippen LogP contribution < -0.4 is 10.6 Å². The van der Waals surface area contributed by atoms with Gasteiger partial charge in [0.15, 0.2) is 0 Å². The molecule has 0 bridgehead atoms. The molecule has 1 aromatic rings. The molecule has 2 rings (SSSR count). The van der Waals surface area contributed by atoms with Gasteiger partial charge in [-0.3, -0.25) is 9.59 Å². The molecule has 0 heterocycles. The van der Waals surface area contributed by atoms with Gasteiger partial charge < -0.3 is 15.7 Å². The Morgan fingerprint density at radius 2 is 1.77 bits per heavy atom. The molecule has 2 amide bonds. The van der Waals surface area contributed by atoms with E-state index in [0.29, 0.717) is 18.8 Å². The van der Waals surface area contributed by atoms with E-state index in [1.807, 2.05) is 31.2 Å². The van der Waals surface area contributed by atoms with Crippen molar-refractivity contribution < 1.29 is 19.5 Å². The summed E-state index contributed by atoms with van der Waals surface area (Å²) in [5, 5.41) is 15.2. The van der Waals surface area contributed by atoms with Crippen molar-refractivity contribution in [3.8, 4) is 0 Å². The van der Waals surface area contributed by atoms with Crippen LogP contribution in [0, 0.1) is 12.8 Å². The van der Waals surface area contributed by atoms with Gasteiger partial charge in [0.05, 0.1) is 12.5 Å². The van der Waals surface area contributed by atoms with Crippen LogP contribution in [0.15, 0.2) is 24.3 Å². The molecule has 0 saturated heterocycles. The highest BCUT2D eigenvalue weighted by Gasteiger charge is 2.42. The van der Waals surface area contributed by atoms with Gasteiger partial charge >= 0.3 is 5.97 Å². The van der Waals surface area contributed by atoms with Crippen molar-refractivity contribution >= 4 is 17.8 Å². The molecule has 142 valence electrons. The molecule has 1 atom stereocenters. The zero-order valence-electron chi connectivity index (χ0n) is 15.7. The third-order valence-electron chi connectivity index (χ3n) is 5.16. The minimum absolute atomic E-state index is 0.00717. The van der Waals surface area contributed by atoms with Crippen LogP contribution in [-0.2, 0) is 14.4 Å². The van der Waals surface area contributed by atoms with Gasteiger partial charge in [-0.25, -0.2) is 4.79 Å². The van der Waals surface area contributed by atoms with Gasteiger partial charge in [0.25, 0.3) is 0 Å². The highest BCUT2D eigenvalue weighted by atomic mass is 16.4. The molecular weight excluding hydrogens is 332 g/mol. The monoisotopic (exact) mass is 360 g/mol. The highest BCUT2D eigenvalue weighted by molar-refractivity contribution is 5.87. The lowest BCUT2D eigenvalue weighted by Gasteiger charge is -2.36. The summed E-state index contributed by atoms with van der Waals surface area (Å²) in [6.45, 7) is 5.46. The molecule has 1 aromatic carbocycles. The Bertz CT molecular complexity index is 661. The van der Waals surface area contributed by atoms with Crippen LogP contribution >= 0.6 is 0 Å². The van der Waals surface area contributed by atoms with Crippen molar-refractivity contribution in [3.63, 3.8) is 0 Å². The van der Waals surface area contributed by atoms with Crippen LogP contribution in [0.25, 0.3) is 0 Å². The number of aliphatic carboxylic acids is 1. The zero-order valence-corrected chi connectivity index (χ0v) is 15.7. The Balaban J connectivity index is 2.11. The molecule has 6 heteroatoms. The van der Waals surface area contributed by atoms with Crippen LogP contribution in [0.5, 0.6) is 0 Å². The number of carboxylic acids is 1. The van der Waals surface area contributed by atoms with Gasteiger partial charge in [0.1, 0.15) is 5.54 Å². The summed E-state index contributed by atoms with van der Waals surface area (Å²) in [6, 6.07) is 7.10. The number of carbonyl (C=O) groups is 3. The third-order valence-corrected chi connectivity index (χ3v) is 5.16. The summed E-state index contributed by atoms with van der Waals surface area (Å²) >= 11 is 0. The molecule has 0 spiro atoms. The fraction of sp³-hybridized carbons (Fsp3) is 0.550. The summed E-state index contributed by atoms with van der Waals surface area (Å²) in [7, 11) is 0. The predicted molar refractivity (Wildman–Crippen MR) is 98.5 cm³/mol. The second-order valence-electron chi connectivity index (χ2n) is 7.49. The summed E-state index contributed by atoms with van der Waals surface area (Å²) in [5.74, 6) is -1.10. The quantitative estimate of drug-likeness (QED) is 0.727. The lowest BCUT2D eigenvalue weighted by molar-refractivity contribution is -0.149. The van der Waals surface area contributed by atoms with Gasteiger partial charge in [0, 0.05) is 6.92 Å². The first-order valence-electron chi connectivity index (χ1n) is 9.10. The first-order valence-corrected chi connectivity index (χ1v) is 9.10. The van der Waals surface area contributed by atoms with E-state index in [0.717, 1.165) is 24.0 Å². The first-order chi connectivity index (χ1) is 12.2. The van der Waals surface area contributed by atoms with Crippen molar-refractivity contribution in [1.82, 2.24) is 10.6 Å². The third kappa shape index (κ3) is 5.07. The van der Waals surface area contributed by atoms with E-state index >= 15 is 0 Å². The molecular formula is C20H28N2O4. The summed E-state index contributed by atoms with van der Waals surface area (Å²) < 4.78 is 0. The standard InChI is InChI=1S/C20H28N2O4/c1-13-4-6-16(7-5-13)17(21-15(3)23)12-18(24)22-20(19(25)26)10-8-14(2)9-11-20/h4-7,14,17H,8-12H2,1-3H3,(H,21,23)(H,22,24)(H,25,26). The Kier molecular flexibility index (Phi) is 6.40. The molecule has 26 heavy (non-hydrogen) atoms. The van der Waals surface area contributed by atoms with Crippen LogP contribution in [0.2, 0.25) is 0 Å². The van der Waals surface area contributed by atoms with E-state index in [1.54, 1.807) is 0 Å². The molecule has 3 N–H and O–H groups in total. The van der Waals surface area contributed by atoms with Crippen LogP contribution in [0.3, 0.4) is 0 Å². The molecule has 1 aliphatic carbocycles. The molecule has 1 unspecified atom stereocenters. The number of hydrogen-bond donors (Lipinski definition) is 3. The normalized spacial score (nSPS) is 23.7. The first kappa shape index (κ1) is 19.9. The molecule has 0 radical (unpaired) electrons. The SMILES string of the molecule is CC(=O)NC(CC(=O)NC1(C(=O)O)CCC(C)CC1)c1ccc(C)cc1. The van der Waals surface area contributed by atoms with Crippen molar-refractivity contribution in [2.24, 2.45) is 5.92 Å². The molecule has 1 fully saturated rings. The second-order valence-corrected chi connectivity index (χ2v) is 7.49. The number of aryl methyl sites for hydroxylation is 1. The maximum absolute atomic E-state index is 12.6. The highest BCUT2D eigenvalue weighted by Crippen LogP contribution is 2.32. The Morgan fingerprint density at radius 1 is 1.19 bits per heavy atom. The van der Waals surface area contributed by atoms with E-state index in [9.17, 15) is 19.5 Å². The van der Waals surface area contributed by atoms with Crippen LogP contribution in [-0.4, -0.2) is 28.4 Å². The maximum atomic E-state index is 12.6. The van der Waals surface area contributed by atoms with Crippen molar-refractivity contribution in [2.45, 2.75) is 64.5 Å². The van der Waals surface area contributed by atoms with Gasteiger partial charge in [-0.15, -0.1) is 0 Å². The van der Waals surface area contributed by atoms with Gasteiger partial charge in [-0.05, 0) is 44.1 Å². The average molecular weight is 360 g/mol. The lowest BCUT2D eigenvalue weighted by atomic mass is 9.77. The van der Waals surface area contributed by atoms with E-state index < -0.39 is 17.6 Å². The second kappa shape index (κ2) is 8.34. The van der Waals surface area contributed by atoms with E-state index in [4.69, 9.17) is 0 Å². The number of rotatable bonds is 6. The summed E-state index contributed by atoms with van der Waals surface area (Å²) in [5.41, 5.74) is 0.709.